The van der Waals surface area contributed by atoms with E-state index < -0.39 is 9.84 Å². The van der Waals surface area contributed by atoms with E-state index in [0.29, 0.717) is 17.9 Å². The predicted octanol–water partition coefficient (Wildman–Crippen LogP) is 4.08. The van der Waals surface area contributed by atoms with Crippen LogP contribution >= 0.6 is 23.1 Å². The summed E-state index contributed by atoms with van der Waals surface area (Å²) in [5, 5.41) is 5.96. The first kappa shape index (κ1) is 20.6. The molecule has 1 aromatic heterocycles. The largest absolute Gasteiger partial charge is 0.348 e. The Morgan fingerprint density at radius 3 is 2.50 bits per heavy atom. The third kappa shape index (κ3) is 5.43. The maximum Gasteiger partial charge on any atom is 0.252 e. The minimum Gasteiger partial charge on any atom is -0.348 e. The Balaban J connectivity index is 1.64. The zero-order valence-electron chi connectivity index (χ0n) is 15.5. The van der Waals surface area contributed by atoms with E-state index in [0.717, 1.165) is 21.2 Å². The Hall–Kier alpha value is -2.16. The zero-order chi connectivity index (χ0) is 20.1. The summed E-state index contributed by atoms with van der Waals surface area (Å²) in [6, 6.07) is 14.0. The summed E-state index contributed by atoms with van der Waals surface area (Å²) in [7, 11) is -3.22. The molecule has 0 unspecified atom stereocenters. The molecule has 0 aliphatic rings. The van der Waals surface area contributed by atoms with Crippen molar-refractivity contribution in [1.29, 1.82) is 0 Å². The monoisotopic (exact) mass is 432 g/mol. The number of carbonyl (C=O) groups excluding carboxylic acids is 1. The highest BCUT2D eigenvalue weighted by Crippen LogP contribution is 2.27. The maximum absolute atomic E-state index is 12.6. The minimum absolute atomic E-state index is 0.162. The van der Waals surface area contributed by atoms with Crippen molar-refractivity contribution in [2.24, 2.45) is 0 Å². The fraction of sp³-hybridized carbons (Fsp3) is 0.200. The van der Waals surface area contributed by atoms with Crippen LogP contribution in [-0.4, -0.2) is 25.6 Å². The molecule has 3 aromatic rings. The number of hydrogen-bond acceptors (Lipinski definition) is 6. The quantitative estimate of drug-likeness (QED) is 0.570. The lowest BCUT2D eigenvalue weighted by Crippen LogP contribution is -2.23. The van der Waals surface area contributed by atoms with Gasteiger partial charge in [-0.05, 0) is 36.8 Å². The van der Waals surface area contributed by atoms with Crippen molar-refractivity contribution in [3.8, 4) is 0 Å². The van der Waals surface area contributed by atoms with E-state index in [-0.39, 0.29) is 10.8 Å². The summed E-state index contributed by atoms with van der Waals surface area (Å²) in [5.74, 6) is 0.548. The Morgan fingerprint density at radius 1 is 1.14 bits per heavy atom. The predicted molar refractivity (Wildman–Crippen MR) is 114 cm³/mol. The summed E-state index contributed by atoms with van der Waals surface area (Å²) >= 11 is 3.20. The molecule has 0 bridgehead atoms. The Labute approximate surface area is 173 Å². The Morgan fingerprint density at radius 2 is 1.86 bits per heavy atom. The summed E-state index contributed by atoms with van der Waals surface area (Å²) in [4.78, 5) is 18.3. The third-order valence-electron chi connectivity index (χ3n) is 3.98. The van der Waals surface area contributed by atoms with E-state index in [2.05, 4.69) is 10.3 Å². The fourth-order valence-corrected chi connectivity index (χ4v) is 4.83. The molecular weight excluding hydrogens is 412 g/mol. The van der Waals surface area contributed by atoms with Crippen molar-refractivity contribution >= 4 is 38.8 Å². The fourth-order valence-electron chi connectivity index (χ4n) is 2.54. The van der Waals surface area contributed by atoms with E-state index >= 15 is 0 Å². The minimum atomic E-state index is -3.22. The van der Waals surface area contributed by atoms with Crippen molar-refractivity contribution in [1.82, 2.24) is 10.3 Å². The number of aryl methyl sites for hydroxylation is 1. The van der Waals surface area contributed by atoms with E-state index in [1.54, 1.807) is 53.4 Å². The molecule has 146 valence electrons. The van der Waals surface area contributed by atoms with Crippen molar-refractivity contribution in [2.75, 3.05) is 6.26 Å². The lowest BCUT2D eigenvalue weighted by Gasteiger charge is -2.10. The number of amides is 1. The SMILES string of the molecule is Cc1nc(CSc2ccccc2C(=O)NCc2ccc(S(C)(=O)=O)cc2)cs1. The molecule has 1 amide bonds. The van der Waals surface area contributed by atoms with Gasteiger partial charge < -0.3 is 5.32 Å². The smallest absolute Gasteiger partial charge is 0.252 e. The van der Waals surface area contributed by atoms with Crippen LogP contribution < -0.4 is 5.32 Å². The topological polar surface area (TPSA) is 76.1 Å². The lowest BCUT2D eigenvalue weighted by molar-refractivity contribution is 0.0948. The zero-order valence-corrected chi connectivity index (χ0v) is 18.0. The molecule has 8 heteroatoms. The van der Waals surface area contributed by atoms with E-state index in [9.17, 15) is 13.2 Å². The number of sulfone groups is 1. The van der Waals surface area contributed by atoms with Crippen LogP contribution in [0.4, 0.5) is 0 Å². The number of hydrogen-bond donors (Lipinski definition) is 1. The second-order valence-electron chi connectivity index (χ2n) is 6.24. The lowest BCUT2D eigenvalue weighted by atomic mass is 10.2. The average molecular weight is 433 g/mol. The van der Waals surface area contributed by atoms with Crippen LogP contribution in [0.2, 0.25) is 0 Å². The van der Waals surface area contributed by atoms with E-state index in [4.69, 9.17) is 0 Å². The summed E-state index contributed by atoms with van der Waals surface area (Å²) in [5.41, 5.74) is 2.46. The standard InChI is InChI=1S/C20H20N2O3S3/c1-14-22-16(12-26-14)13-27-19-6-4-3-5-18(19)20(23)21-11-15-7-9-17(10-8-15)28(2,24)25/h3-10,12H,11,13H2,1-2H3,(H,21,23). The normalized spacial score (nSPS) is 11.4. The molecule has 0 fully saturated rings. The summed E-state index contributed by atoms with van der Waals surface area (Å²) < 4.78 is 23.0. The van der Waals surface area contributed by atoms with Gasteiger partial charge in [-0.1, -0.05) is 24.3 Å². The second kappa shape index (κ2) is 8.89. The number of rotatable bonds is 7. The average Bonchev–Trinajstić information content (AvgIpc) is 3.09. The molecule has 0 radical (unpaired) electrons. The Bertz CT molecular complexity index is 1070. The first-order chi connectivity index (χ1) is 13.3. The molecule has 1 N–H and O–H groups in total. The molecule has 0 saturated carbocycles. The van der Waals surface area contributed by atoms with Crippen LogP contribution in [0.1, 0.15) is 26.6 Å². The maximum atomic E-state index is 12.6. The van der Waals surface area contributed by atoms with Gasteiger partial charge >= 0.3 is 0 Å². The number of thiazole rings is 1. The van der Waals surface area contributed by atoms with Gasteiger partial charge in [0, 0.05) is 28.8 Å². The molecule has 0 spiro atoms. The first-order valence-corrected chi connectivity index (χ1v) is 12.3. The van der Waals surface area contributed by atoms with Crippen molar-refractivity contribution in [3.63, 3.8) is 0 Å². The molecule has 5 nitrogen and oxygen atoms in total. The van der Waals surface area contributed by atoms with Crippen LogP contribution in [0.15, 0.2) is 63.7 Å². The molecule has 3 rings (SSSR count). The molecule has 1 heterocycles. The highest BCUT2D eigenvalue weighted by atomic mass is 32.2. The number of benzene rings is 2. The number of aromatic nitrogens is 1. The number of carbonyl (C=O) groups is 1. The van der Waals surface area contributed by atoms with Crippen LogP contribution in [0.5, 0.6) is 0 Å². The molecule has 0 aliphatic carbocycles. The van der Waals surface area contributed by atoms with Gasteiger partial charge in [0.1, 0.15) is 0 Å². The van der Waals surface area contributed by atoms with Gasteiger partial charge in [0.25, 0.3) is 5.91 Å². The van der Waals surface area contributed by atoms with Gasteiger partial charge in [-0.15, -0.1) is 23.1 Å². The third-order valence-corrected chi connectivity index (χ3v) is 7.04. The molecular formula is C20H20N2O3S3. The molecule has 0 atom stereocenters. The summed E-state index contributed by atoms with van der Waals surface area (Å²) in [6.45, 7) is 2.30. The molecule has 2 aromatic carbocycles. The van der Waals surface area contributed by atoms with Crippen molar-refractivity contribution in [2.45, 2.75) is 29.0 Å². The van der Waals surface area contributed by atoms with E-state index in [1.165, 1.54) is 6.26 Å². The number of nitrogens with one attached hydrogen (secondary N) is 1. The van der Waals surface area contributed by atoms with Crippen LogP contribution in [0.25, 0.3) is 0 Å². The van der Waals surface area contributed by atoms with Gasteiger partial charge in [0.2, 0.25) is 0 Å². The second-order valence-corrected chi connectivity index (χ2v) is 10.3. The van der Waals surface area contributed by atoms with Gasteiger partial charge in [0.05, 0.1) is 21.2 Å². The highest BCUT2D eigenvalue weighted by Gasteiger charge is 2.12. The van der Waals surface area contributed by atoms with Crippen LogP contribution in [-0.2, 0) is 22.1 Å². The Kier molecular flexibility index (Phi) is 6.53. The van der Waals surface area contributed by atoms with Gasteiger partial charge in [0.15, 0.2) is 9.84 Å². The highest BCUT2D eigenvalue weighted by molar-refractivity contribution is 7.98. The molecule has 0 aliphatic heterocycles. The van der Waals surface area contributed by atoms with Crippen LogP contribution in [0, 0.1) is 6.92 Å². The molecule has 28 heavy (non-hydrogen) atoms. The van der Waals surface area contributed by atoms with Gasteiger partial charge in [-0.2, -0.15) is 0 Å². The first-order valence-electron chi connectivity index (χ1n) is 8.53. The summed E-state index contributed by atoms with van der Waals surface area (Å²) in [6.07, 6.45) is 1.17. The number of thioether (sulfide) groups is 1. The van der Waals surface area contributed by atoms with Crippen molar-refractivity contribution in [3.05, 3.63) is 75.7 Å². The van der Waals surface area contributed by atoms with Gasteiger partial charge in [-0.3, -0.25) is 4.79 Å². The van der Waals surface area contributed by atoms with Crippen molar-refractivity contribution < 1.29 is 13.2 Å². The van der Waals surface area contributed by atoms with Crippen LogP contribution in [0.3, 0.4) is 0 Å². The molecule has 0 saturated heterocycles. The number of nitrogens with zero attached hydrogens (tertiary/aromatic N) is 1. The van der Waals surface area contributed by atoms with E-state index in [1.807, 2.05) is 30.5 Å². The van der Waals surface area contributed by atoms with Gasteiger partial charge in [-0.25, -0.2) is 13.4 Å².